The van der Waals surface area contributed by atoms with Crippen LogP contribution >= 0.6 is 0 Å². The van der Waals surface area contributed by atoms with Crippen LogP contribution in [0.25, 0.3) is 0 Å². The Labute approximate surface area is 97.8 Å². The zero-order valence-electron chi connectivity index (χ0n) is 8.48. The van der Waals surface area contributed by atoms with Gasteiger partial charge >= 0.3 is 0 Å². The maximum atomic E-state index is 11.3. The lowest BCUT2D eigenvalue weighted by molar-refractivity contribution is -0.393. The molecule has 0 aliphatic carbocycles. The number of carbonyl (C=O) groups excluding carboxylic acids is 1. The second kappa shape index (κ2) is 3.76. The zero-order chi connectivity index (χ0) is 13.4. The van der Waals surface area contributed by atoms with Crippen molar-refractivity contribution in [2.45, 2.75) is 0 Å². The Morgan fingerprint density at radius 2 is 1.89 bits per heavy atom. The number of nitro groups is 2. The maximum absolute atomic E-state index is 11.3. The summed E-state index contributed by atoms with van der Waals surface area (Å²) in [6, 6.07) is 1.65. The van der Waals surface area contributed by atoms with Crippen molar-refractivity contribution in [1.82, 2.24) is 0 Å². The first-order valence-electron chi connectivity index (χ1n) is 4.46. The standard InChI is InChI=1S/C8H4N4O6/c13-8-7(10-14)4-1-3(11(15)16)2-5(12(17)18)6(4)9-8/h1-2,14H,(H,9,10,13). The van der Waals surface area contributed by atoms with E-state index in [1.54, 1.807) is 0 Å². The average molecular weight is 252 g/mol. The molecule has 1 aliphatic rings. The summed E-state index contributed by atoms with van der Waals surface area (Å²) in [6.45, 7) is 0. The molecule has 1 aliphatic heterocycles. The summed E-state index contributed by atoms with van der Waals surface area (Å²) in [7, 11) is 0. The first-order chi connectivity index (χ1) is 8.45. The summed E-state index contributed by atoms with van der Waals surface area (Å²) in [5.74, 6) is -0.865. The Bertz CT molecular complexity index is 622. The molecule has 0 bridgehead atoms. The maximum Gasteiger partial charge on any atom is 0.300 e. The molecule has 0 saturated heterocycles. The smallest absolute Gasteiger partial charge is 0.300 e. The van der Waals surface area contributed by atoms with Gasteiger partial charge in [0.1, 0.15) is 5.69 Å². The highest BCUT2D eigenvalue weighted by atomic mass is 16.6. The van der Waals surface area contributed by atoms with Crippen LogP contribution in [0.4, 0.5) is 17.1 Å². The summed E-state index contributed by atoms with van der Waals surface area (Å²) in [6.07, 6.45) is 0. The van der Waals surface area contributed by atoms with Gasteiger partial charge in [0.2, 0.25) is 0 Å². The molecular weight excluding hydrogens is 248 g/mol. The van der Waals surface area contributed by atoms with Crippen LogP contribution in [0, 0.1) is 20.2 Å². The minimum absolute atomic E-state index is 0.177. The van der Waals surface area contributed by atoms with Crippen molar-refractivity contribution in [2.75, 3.05) is 5.32 Å². The van der Waals surface area contributed by atoms with Crippen LogP contribution in [-0.2, 0) is 4.79 Å². The quantitative estimate of drug-likeness (QED) is 0.448. The van der Waals surface area contributed by atoms with Crippen LogP contribution in [0.1, 0.15) is 5.56 Å². The number of hydrogen-bond donors (Lipinski definition) is 2. The number of benzene rings is 1. The lowest BCUT2D eigenvalue weighted by atomic mass is 10.1. The molecule has 0 unspecified atom stereocenters. The molecular formula is C8H4N4O6. The van der Waals surface area contributed by atoms with Crippen molar-refractivity contribution in [3.63, 3.8) is 0 Å². The molecule has 1 heterocycles. The van der Waals surface area contributed by atoms with Gasteiger partial charge in [0.25, 0.3) is 17.3 Å². The molecule has 0 spiro atoms. The number of anilines is 1. The highest BCUT2D eigenvalue weighted by Crippen LogP contribution is 2.36. The van der Waals surface area contributed by atoms with Gasteiger partial charge in [-0.1, -0.05) is 5.16 Å². The Morgan fingerprint density at radius 3 is 2.39 bits per heavy atom. The number of carbonyl (C=O) groups is 1. The van der Waals surface area contributed by atoms with E-state index < -0.39 is 32.8 Å². The third kappa shape index (κ3) is 1.52. The lowest BCUT2D eigenvalue weighted by Gasteiger charge is -1.99. The first-order valence-corrected chi connectivity index (χ1v) is 4.46. The SMILES string of the molecule is O=C1Nc2c(cc([N+](=O)[O-])cc2[N+](=O)[O-])/C1=N/O. The van der Waals surface area contributed by atoms with Crippen molar-refractivity contribution < 1.29 is 19.8 Å². The Hall–Kier alpha value is -3.04. The predicted molar refractivity (Wildman–Crippen MR) is 56.7 cm³/mol. The van der Waals surface area contributed by atoms with Gasteiger partial charge in [-0.05, 0) is 0 Å². The minimum Gasteiger partial charge on any atom is -0.410 e. The molecule has 92 valence electrons. The fourth-order valence-corrected chi connectivity index (χ4v) is 1.57. The summed E-state index contributed by atoms with van der Waals surface area (Å²) in [5.41, 5.74) is -2.10. The van der Waals surface area contributed by atoms with Gasteiger partial charge in [-0.2, -0.15) is 0 Å². The van der Waals surface area contributed by atoms with Gasteiger partial charge in [-0.25, -0.2) is 0 Å². The number of nitrogens with one attached hydrogen (secondary N) is 1. The van der Waals surface area contributed by atoms with E-state index in [9.17, 15) is 25.0 Å². The fourth-order valence-electron chi connectivity index (χ4n) is 1.57. The number of hydrogen-bond acceptors (Lipinski definition) is 7. The average Bonchev–Trinajstić information content (AvgIpc) is 2.62. The predicted octanol–water partition coefficient (Wildman–Crippen LogP) is 0.633. The lowest BCUT2D eigenvalue weighted by Crippen LogP contribution is -2.14. The van der Waals surface area contributed by atoms with Gasteiger partial charge in [-0.3, -0.25) is 25.0 Å². The van der Waals surface area contributed by atoms with E-state index in [0.717, 1.165) is 12.1 Å². The molecule has 0 fully saturated rings. The number of nitrogens with zero attached hydrogens (tertiary/aromatic N) is 3. The molecule has 1 aromatic carbocycles. The van der Waals surface area contributed by atoms with Crippen molar-refractivity contribution >= 4 is 28.7 Å². The molecule has 0 radical (unpaired) electrons. The van der Waals surface area contributed by atoms with Crippen molar-refractivity contribution in [2.24, 2.45) is 5.16 Å². The number of non-ortho nitro benzene ring substituents is 1. The highest BCUT2D eigenvalue weighted by molar-refractivity contribution is 6.54. The molecule has 0 saturated carbocycles. The van der Waals surface area contributed by atoms with E-state index in [4.69, 9.17) is 5.21 Å². The molecule has 10 heteroatoms. The molecule has 0 atom stereocenters. The van der Waals surface area contributed by atoms with E-state index in [0.29, 0.717) is 0 Å². The van der Waals surface area contributed by atoms with Crippen LogP contribution in [0.15, 0.2) is 17.3 Å². The molecule has 2 rings (SSSR count). The number of oxime groups is 1. The molecule has 0 aromatic heterocycles. The Balaban J connectivity index is 2.77. The number of rotatable bonds is 2. The Kier molecular flexibility index (Phi) is 2.39. The van der Waals surface area contributed by atoms with Crippen molar-refractivity contribution in [1.29, 1.82) is 0 Å². The van der Waals surface area contributed by atoms with Crippen LogP contribution in [-0.4, -0.2) is 26.7 Å². The summed E-state index contributed by atoms with van der Waals surface area (Å²) in [4.78, 5) is 31.0. The number of fused-ring (bicyclic) bond motifs is 1. The topological polar surface area (TPSA) is 148 Å². The third-order valence-electron chi connectivity index (χ3n) is 2.32. The molecule has 18 heavy (non-hydrogen) atoms. The normalized spacial score (nSPS) is 15.3. The van der Waals surface area contributed by atoms with E-state index in [1.807, 2.05) is 0 Å². The van der Waals surface area contributed by atoms with Crippen LogP contribution in [0.5, 0.6) is 0 Å². The minimum atomic E-state index is -0.869. The summed E-state index contributed by atoms with van der Waals surface area (Å²) in [5, 5.41) is 34.8. The molecule has 2 N–H and O–H groups in total. The van der Waals surface area contributed by atoms with Crippen molar-refractivity contribution in [3.05, 3.63) is 37.9 Å². The van der Waals surface area contributed by atoms with Crippen molar-refractivity contribution in [3.8, 4) is 0 Å². The second-order valence-corrected chi connectivity index (χ2v) is 3.30. The monoisotopic (exact) mass is 252 g/mol. The zero-order valence-corrected chi connectivity index (χ0v) is 8.48. The van der Waals surface area contributed by atoms with Crippen LogP contribution in [0.3, 0.4) is 0 Å². The largest absolute Gasteiger partial charge is 0.410 e. The molecule has 1 aromatic rings. The number of nitro benzene ring substituents is 2. The number of amides is 1. The summed E-state index contributed by atoms with van der Waals surface area (Å²) >= 11 is 0. The summed E-state index contributed by atoms with van der Waals surface area (Å²) < 4.78 is 0. The molecule has 1 amide bonds. The highest BCUT2D eigenvalue weighted by Gasteiger charge is 2.35. The van der Waals surface area contributed by atoms with E-state index in [2.05, 4.69) is 10.5 Å². The van der Waals surface area contributed by atoms with Crippen LogP contribution in [0.2, 0.25) is 0 Å². The first kappa shape index (κ1) is 11.4. The van der Waals surface area contributed by atoms with Gasteiger partial charge in [0, 0.05) is 11.6 Å². The van der Waals surface area contributed by atoms with Gasteiger partial charge in [0.15, 0.2) is 5.71 Å². The van der Waals surface area contributed by atoms with E-state index >= 15 is 0 Å². The van der Waals surface area contributed by atoms with Crippen LogP contribution < -0.4 is 5.32 Å². The fraction of sp³-hybridized carbons (Fsp3) is 0. The Morgan fingerprint density at radius 1 is 1.22 bits per heavy atom. The van der Waals surface area contributed by atoms with E-state index in [1.165, 1.54) is 0 Å². The van der Waals surface area contributed by atoms with Gasteiger partial charge in [-0.15, -0.1) is 0 Å². The third-order valence-corrected chi connectivity index (χ3v) is 2.32. The van der Waals surface area contributed by atoms with Gasteiger partial charge in [0.05, 0.1) is 15.9 Å². The molecule has 10 nitrogen and oxygen atoms in total. The van der Waals surface area contributed by atoms with Gasteiger partial charge < -0.3 is 10.5 Å². The second-order valence-electron chi connectivity index (χ2n) is 3.30. The van der Waals surface area contributed by atoms with E-state index in [-0.39, 0.29) is 11.3 Å².